The fraction of sp³-hybridized carbons (Fsp3) is 0.433. The predicted molar refractivity (Wildman–Crippen MR) is 130 cm³/mol. The van der Waals surface area contributed by atoms with Gasteiger partial charge in [-0.2, -0.15) is 0 Å². The van der Waals surface area contributed by atoms with Crippen LogP contribution in [-0.4, -0.2) is 0 Å². The van der Waals surface area contributed by atoms with Crippen LogP contribution in [0.3, 0.4) is 0 Å². The van der Waals surface area contributed by atoms with Gasteiger partial charge >= 0.3 is 0 Å². The average Bonchev–Trinajstić information content (AvgIpc) is 3.10. The third-order valence-corrected chi connectivity index (χ3v) is 8.04. The molecule has 1 saturated carbocycles. The largest absolute Gasteiger partial charge is 0.213 e. The minimum absolute atomic E-state index is 0.515. The second-order valence-electron chi connectivity index (χ2n) is 10.9. The second-order valence-corrected chi connectivity index (χ2v) is 10.9. The van der Waals surface area contributed by atoms with Crippen LogP contribution in [0.1, 0.15) is 78.8 Å². The molecule has 1 heteroatoms. The molecule has 0 aliphatic heterocycles. The van der Waals surface area contributed by atoms with Crippen LogP contribution in [0.15, 0.2) is 42.6 Å². The number of nitrogens with zero attached hydrogens (tertiary/aromatic N) is 1. The molecule has 1 aromatic heterocycles. The summed E-state index contributed by atoms with van der Waals surface area (Å²) in [5.41, 5.74) is 15.0. The predicted octanol–water partition coefficient (Wildman–Crippen LogP) is 7.36. The summed E-state index contributed by atoms with van der Waals surface area (Å²) in [6.07, 6.45) is 8.81. The Kier molecular flexibility index (Phi) is 4.84. The van der Waals surface area contributed by atoms with E-state index in [1.165, 1.54) is 75.9 Å². The number of rotatable bonds is 2. The smallest absolute Gasteiger partial charge is 0.201 e. The van der Waals surface area contributed by atoms with Crippen molar-refractivity contribution in [1.82, 2.24) is 0 Å². The Labute approximate surface area is 188 Å². The SMILES string of the molecule is Cc1cc(-c2c(C)cc(C)c3c2Cc2ccccc2-3)[n+](C)cc1C1CCC(C)(C)CC1. The number of fused-ring (bicyclic) bond motifs is 3. The molecule has 2 aromatic carbocycles. The summed E-state index contributed by atoms with van der Waals surface area (Å²) < 4.78 is 2.41. The van der Waals surface area contributed by atoms with E-state index in [0.29, 0.717) is 11.3 Å². The molecule has 5 rings (SSSR count). The molecule has 2 aliphatic carbocycles. The van der Waals surface area contributed by atoms with Crippen molar-refractivity contribution in [2.24, 2.45) is 12.5 Å². The van der Waals surface area contributed by atoms with Crippen molar-refractivity contribution in [3.63, 3.8) is 0 Å². The first-order valence-electron chi connectivity index (χ1n) is 12.0. The van der Waals surface area contributed by atoms with Crippen LogP contribution in [0.2, 0.25) is 0 Å². The highest BCUT2D eigenvalue weighted by molar-refractivity contribution is 5.87. The van der Waals surface area contributed by atoms with E-state index in [9.17, 15) is 0 Å². The number of aryl methyl sites for hydroxylation is 4. The van der Waals surface area contributed by atoms with Crippen LogP contribution < -0.4 is 4.57 Å². The maximum atomic E-state index is 2.47. The molecule has 1 heterocycles. The van der Waals surface area contributed by atoms with Crippen molar-refractivity contribution in [3.05, 3.63) is 76.0 Å². The molecule has 0 radical (unpaired) electrons. The Morgan fingerprint density at radius 2 is 1.55 bits per heavy atom. The highest BCUT2D eigenvalue weighted by Gasteiger charge is 2.32. The van der Waals surface area contributed by atoms with Crippen LogP contribution >= 0.6 is 0 Å². The van der Waals surface area contributed by atoms with Gasteiger partial charge in [0.05, 0.1) is 5.56 Å². The summed E-state index contributed by atoms with van der Waals surface area (Å²) in [5.74, 6) is 0.711. The maximum absolute atomic E-state index is 2.47. The maximum Gasteiger partial charge on any atom is 0.213 e. The van der Waals surface area contributed by atoms with E-state index in [-0.39, 0.29) is 0 Å². The lowest BCUT2D eigenvalue weighted by atomic mass is 9.71. The molecule has 1 nitrogen and oxygen atoms in total. The number of hydrogen-bond donors (Lipinski definition) is 0. The van der Waals surface area contributed by atoms with Gasteiger partial charge in [-0.25, -0.2) is 4.57 Å². The van der Waals surface area contributed by atoms with Crippen molar-refractivity contribution in [2.45, 2.75) is 72.6 Å². The lowest BCUT2D eigenvalue weighted by Gasteiger charge is -2.34. The first kappa shape index (κ1) is 20.5. The molecule has 3 aromatic rings. The molecular formula is C30H36N+. The van der Waals surface area contributed by atoms with E-state index >= 15 is 0 Å². The average molecular weight is 411 g/mol. The monoisotopic (exact) mass is 410 g/mol. The third kappa shape index (κ3) is 3.43. The van der Waals surface area contributed by atoms with Gasteiger partial charge < -0.3 is 0 Å². The Bertz CT molecular complexity index is 1170. The topological polar surface area (TPSA) is 3.88 Å². The van der Waals surface area contributed by atoms with Crippen molar-refractivity contribution < 1.29 is 4.57 Å². The summed E-state index contributed by atoms with van der Waals surface area (Å²) in [4.78, 5) is 0. The van der Waals surface area contributed by atoms with Crippen LogP contribution in [-0.2, 0) is 13.5 Å². The molecule has 0 saturated heterocycles. The molecule has 0 unspecified atom stereocenters. The van der Waals surface area contributed by atoms with E-state index in [4.69, 9.17) is 0 Å². The zero-order chi connectivity index (χ0) is 21.9. The van der Waals surface area contributed by atoms with Gasteiger partial charge in [0.1, 0.15) is 7.05 Å². The molecule has 2 aliphatic rings. The van der Waals surface area contributed by atoms with Gasteiger partial charge in [-0.05, 0) is 103 Å². The van der Waals surface area contributed by atoms with Gasteiger partial charge in [0, 0.05) is 11.6 Å². The lowest BCUT2D eigenvalue weighted by Crippen LogP contribution is -2.33. The van der Waals surface area contributed by atoms with E-state index in [1.807, 2.05) is 0 Å². The fourth-order valence-electron chi connectivity index (χ4n) is 6.24. The minimum atomic E-state index is 0.515. The second kappa shape index (κ2) is 7.33. The van der Waals surface area contributed by atoms with Gasteiger partial charge in [0.15, 0.2) is 6.20 Å². The molecule has 0 spiro atoms. The zero-order valence-electron chi connectivity index (χ0n) is 20.1. The van der Waals surface area contributed by atoms with Crippen molar-refractivity contribution in [1.29, 1.82) is 0 Å². The van der Waals surface area contributed by atoms with E-state index in [0.717, 1.165) is 6.42 Å². The Morgan fingerprint density at radius 3 is 2.29 bits per heavy atom. The van der Waals surface area contributed by atoms with Gasteiger partial charge in [0.25, 0.3) is 0 Å². The van der Waals surface area contributed by atoms with Crippen molar-refractivity contribution in [2.75, 3.05) is 0 Å². The van der Waals surface area contributed by atoms with Gasteiger partial charge in [-0.1, -0.05) is 44.2 Å². The standard InChI is InChI=1S/C30H36N/c1-19-16-27(31(6)18-26(19)22-11-13-30(4,5)14-12-22)29-21(3)15-20(2)28-24-10-8-7-9-23(24)17-25(28)29/h7-10,15-16,18,22H,11-14,17H2,1-6H3/q+1. The molecule has 0 atom stereocenters. The number of aromatic nitrogens is 1. The highest BCUT2D eigenvalue weighted by Crippen LogP contribution is 2.46. The highest BCUT2D eigenvalue weighted by atomic mass is 14.9. The Balaban J connectivity index is 1.60. The first-order chi connectivity index (χ1) is 14.7. The van der Waals surface area contributed by atoms with Gasteiger partial charge in [0.2, 0.25) is 5.69 Å². The lowest BCUT2D eigenvalue weighted by molar-refractivity contribution is -0.661. The molecule has 31 heavy (non-hydrogen) atoms. The van der Waals surface area contributed by atoms with Gasteiger partial charge in [-0.3, -0.25) is 0 Å². The minimum Gasteiger partial charge on any atom is -0.201 e. The molecule has 0 amide bonds. The van der Waals surface area contributed by atoms with Crippen LogP contribution in [0.4, 0.5) is 0 Å². The quantitative estimate of drug-likeness (QED) is 0.304. The third-order valence-electron chi connectivity index (χ3n) is 8.04. The van der Waals surface area contributed by atoms with Crippen LogP contribution in [0, 0.1) is 26.2 Å². The molecule has 160 valence electrons. The summed E-state index contributed by atoms with van der Waals surface area (Å²) in [7, 11) is 2.25. The zero-order valence-corrected chi connectivity index (χ0v) is 20.1. The Morgan fingerprint density at radius 1 is 0.871 bits per heavy atom. The molecular weight excluding hydrogens is 374 g/mol. The van der Waals surface area contributed by atoms with Crippen molar-refractivity contribution >= 4 is 0 Å². The summed E-state index contributed by atoms with van der Waals surface area (Å²) in [6.45, 7) is 11.8. The molecule has 0 N–H and O–H groups in total. The normalized spacial score (nSPS) is 17.5. The Hall–Kier alpha value is -2.41. The van der Waals surface area contributed by atoms with Crippen LogP contribution in [0.25, 0.3) is 22.4 Å². The van der Waals surface area contributed by atoms with E-state index in [2.05, 4.69) is 88.8 Å². The van der Waals surface area contributed by atoms with Gasteiger partial charge in [-0.15, -0.1) is 0 Å². The first-order valence-corrected chi connectivity index (χ1v) is 12.0. The van der Waals surface area contributed by atoms with E-state index < -0.39 is 0 Å². The van der Waals surface area contributed by atoms with Crippen molar-refractivity contribution in [3.8, 4) is 22.4 Å². The number of pyridine rings is 1. The van der Waals surface area contributed by atoms with E-state index in [1.54, 1.807) is 5.56 Å². The molecule has 0 bridgehead atoms. The number of benzene rings is 2. The summed E-state index contributed by atoms with van der Waals surface area (Å²) >= 11 is 0. The fourth-order valence-corrected chi connectivity index (χ4v) is 6.24. The summed E-state index contributed by atoms with van der Waals surface area (Å²) in [5, 5.41) is 0. The molecule has 1 fully saturated rings. The summed E-state index contributed by atoms with van der Waals surface area (Å²) in [6, 6.07) is 13.8. The number of hydrogen-bond acceptors (Lipinski definition) is 0. The van der Waals surface area contributed by atoms with Crippen LogP contribution in [0.5, 0.6) is 0 Å².